The quantitative estimate of drug-likeness (QED) is 0.704. The highest BCUT2D eigenvalue weighted by atomic mass is 16.5. The molecule has 1 N–H and O–H groups in total. The maximum absolute atomic E-state index is 5.72. The monoisotopic (exact) mass is 284 g/mol. The molecule has 1 fully saturated rings. The lowest BCUT2D eigenvalue weighted by Crippen LogP contribution is -2.47. The third kappa shape index (κ3) is 5.01. The molecule has 0 radical (unpaired) electrons. The second kappa shape index (κ2) is 8.35. The van der Waals surface area contributed by atoms with Crippen LogP contribution in [-0.2, 0) is 4.74 Å². The van der Waals surface area contributed by atoms with Gasteiger partial charge in [0.15, 0.2) is 0 Å². The largest absolute Gasteiger partial charge is 0.377 e. The Morgan fingerprint density at radius 2 is 1.95 bits per heavy atom. The van der Waals surface area contributed by atoms with Crippen molar-refractivity contribution in [2.24, 2.45) is 11.3 Å². The van der Waals surface area contributed by atoms with E-state index in [9.17, 15) is 0 Å². The van der Waals surface area contributed by atoms with Gasteiger partial charge < -0.3 is 15.0 Å². The third-order valence-electron chi connectivity index (χ3n) is 5.04. The van der Waals surface area contributed by atoms with Gasteiger partial charge in [-0.1, -0.05) is 27.7 Å². The van der Waals surface area contributed by atoms with Crippen LogP contribution in [0.25, 0.3) is 0 Å². The summed E-state index contributed by atoms with van der Waals surface area (Å²) in [6, 6.07) is 0.595. The first-order chi connectivity index (χ1) is 9.44. The summed E-state index contributed by atoms with van der Waals surface area (Å²) in [4.78, 5) is 2.54. The van der Waals surface area contributed by atoms with E-state index in [-0.39, 0.29) is 0 Å². The number of ether oxygens (including phenoxy) is 1. The molecular weight excluding hydrogens is 248 g/mol. The van der Waals surface area contributed by atoms with Gasteiger partial charge in [0, 0.05) is 25.7 Å². The minimum absolute atomic E-state index is 0.384. The molecule has 0 saturated carbocycles. The average molecular weight is 284 g/mol. The van der Waals surface area contributed by atoms with Crippen molar-refractivity contribution in [1.29, 1.82) is 0 Å². The minimum Gasteiger partial charge on any atom is -0.377 e. The van der Waals surface area contributed by atoms with Crippen LogP contribution < -0.4 is 5.32 Å². The molecule has 3 heteroatoms. The lowest BCUT2D eigenvalue weighted by Gasteiger charge is -2.39. The predicted octanol–water partition coefficient (Wildman–Crippen LogP) is 3.15. The van der Waals surface area contributed by atoms with E-state index in [4.69, 9.17) is 4.74 Å². The zero-order valence-corrected chi connectivity index (χ0v) is 14.5. The topological polar surface area (TPSA) is 24.5 Å². The Hall–Kier alpha value is -0.120. The van der Waals surface area contributed by atoms with E-state index in [2.05, 4.69) is 51.9 Å². The fourth-order valence-electron chi connectivity index (χ4n) is 3.35. The molecule has 20 heavy (non-hydrogen) atoms. The fourth-order valence-corrected chi connectivity index (χ4v) is 3.35. The maximum Gasteiger partial charge on any atom is 0.0702 e. The van der Waals surface area contributed by atoms with Gasteiger partial charge in [-0.25, -0.2) is 0 Å². The highest BCUT2D eigenvalue weighted by molar-refractivity contribution is 4.87. The van der Waals surface area contributed by atoms with Gasteiger partial charge >= 0.3 is 0 Å². The van der Waals surface area contributed by atoms with Crippen LogP contribution >= 0.6 is 0 Å². The molecule has 1 aliphatic rings. The van der Waals surface area contributed by atoms with Crippen LogP contribution in [0.5, 0.6) is 0 Å². The van der Waals surface area contributed by atoms with Crippen molar-refractivity contribution in [3.63, 3.8) is 0 Å². The van der Waals surface area contributed by atoms with E-state index in [0.717, 1.165) is 25.6 Å². The van der Waals surface area contributed by atoms with Gasteiger partial charge in [-0.2, -0.15) is 0 Å². The van der Waals surface area contributed by atoms with Crippen LogP contribution in [0.15, 0.2) is 0 Å². The summed E-state index contributed by atoms with van der Waals surface area (Å²) in [5, 5.41) is 3.68. The molecule has 1 aliphatic heterocycles. The van der Waals surface area contributed by atoms with Gasteiger partial charge in [0.2, 0.25) is 0 Å². The van der Waals surface area contributed by atoms with Crippen LogP contribution in [0.2, 0.25) is 0 Å². The zero-order chi connectivity index (χ0) is 15.2. The first-order valence-corrected chi connectivity index (χ1v) is 8.46. The number of likely N-dealkylation sites (N-methyl/N-ethyl adjacent to an activating group) is 1. The summed E-state index contributed by atoms with van der Waals surface area (Å²) < 4.78 is 5.72. The molecule has 0 amide bonds. The average Bonchev–Trinajstić information content (AvgIpc) is 2.83. The molecule has 0 bridgehead atoms. The summed E-state index contributed by atoms with van der Waals surface area (Å²) >= 11 is 0. The Morgan fingerprint density at radius 3 is 2.40 bits per heavy atom. The zero-order valence-electron chi connectivity index (χ0n) is 14.5. The van der Waals surface area contributed by atoms with Gasteiger partial charge in [0.25, 0.3) is 0 Å². The molecule has 2 atom stereocenters. The van der Waals surface area contributed by atoms with Gasteiger partial charge in [-0.3, -0.25) is 0 Å². The highest BCUT2D eigenvalue weighted by Gasteiger charge is 2.33. The molecule has 0 aromatic carbocycles. The van der Waals surface area contributed by atoms with Crippen molar-refractivity contribution < 1.29 is 4.74 Å². The third-order valence-corrected chi connectivity index (χ3v) is 5.04. The first-order valence-electron chi connectivity index (χ1n) is 8.46. The van der Waals surface area contributed by atoms with Crippen LogP contribution in [0.1, 0.15) is 53.9 Å². The summed E-state index contributed by atoms with van der Waals surface area (Å²) in [6.45, 7) is 15.8. The van der Waals surface area contributed by atoms with Crippen LogP contribution in [0, 0.1) is 11.3 Å². The van der Waals surface area contributed by atoms with Crippen molar-refractivity contribution in [3.05, 3.63) is 0 Å². The Morgan fingerprint density at radius 1 is 1.30 bits per heavy atom. The normalized spacial score (nSPS) is 24.0. The molecule has 1 heterocycles. The van der Waals surface area contributed by atoms with Crippen molar-refractivity contribution in [3.8, 4) is 0 Å². The molecule has 3 nitrogen and oxygen atoms in total. The van der Waals surface area contributed by atoms with E-state index in [0.29, 0.717) is 17.6 Å². The van der Waals surface area contributed by atoms with Gasteiger partial charge in [0.05, 0.1) is 6.10 Å². The van der Waals surface area contributed by atoms with Crippen molar-refractivity contribution in [1.82, 2.24) is 10.2 Å². The maximum atomic E-state index is 5.72. The lowest BCUT2D eigenvalue weighted by molar-refractivity contribution is 0.0598. The second-order valence-electron chi connectivity index (χ2n) is 7.08. The number of hydrogen-bond acceptors (Lipinski definition) is 3. The van der Waals surface area contributed by atoms with Gasteiger partial charge in [0.1, 0.15) is 0 Å². The summed E-state index contributed by atoms with van der Waals surface area (Å²) in [6.07, 6.45) is 4.04. The standard InChI is InChI=1S/C17H36N2O/c1-7-17(8-2,12-18-11-14(3)4)13-19(6)16-9-10-20-15(16)5/h14-16,18H,7-13H2,1-6H3. The van der Waals surface area contributed by atoms with Crippen molar-refractivity contribution >= 4 is 0 Å². The molecule has 1 saturated heterocycles. The molecule has 2 unspecified atom stereocenters. The summed E-state index contributed by atoms with van der Waals surface area (Å²) in [5.41, 5.74) is 0.395. The molecule has 0 aliphatic carbocycles. The minimum atomic E-state index is 0.384. The number of nitrogens with zero attached hydrogens (tertiary/aromatic N) is 1. The van der Waals surface area contributed by atoms with Gasteiger partial charge in [-0.05, 0) is 51.1 Å². The molecule has 0 aromatic heterocycles. The number of nitrogens with one attached hydrogen (secondary N) is 1. The molecule has 0 spiro atoms. The predicted molar refractivity (Wildman–Crippen MR) is 87.2 cm³/mol. The Labute approximate surface area is 126 Å². The van der Waals surface area contributed by atoms with Gasteiger partial charge in [-0.15, -0.1) is 0 Å². The number of rotatable bonds is 9. The fraction of sp³-hybridized carbons (Fsp3) is 1.00. The molecule has 0 aromatic rings. The van der Waals surface area contributed by atoms with Crippen LogP contribution in [-0.4, -0.2) is 50.3 Å². The first kappa shape index (κ1) is 17.9. The van der Waals surface area contributed by atoms with E-state index >= 15 is 0 Å². The van der Waals surface area contributed by atoms with E-state index in [1.165, 1.54) is 25.8 Å². The smallest absolute Gasteiger partial charge is 0.0702 e. The van der Waals surface area contributed by atoms with E-state index in [1.807, 2.05) is 0 Å². The molecular formula is C17H36N2O. The number of hydrogen-bond donors (Lipinski definition) is 1. The summed E-state index contributed by atoms with van der Waals surface area (Å²) in [7, 11) is 2.28. The SMILES string of the molecule is CCC(CC)(CNCC(C)C)CN(C)C1CCOC1C. The Kier molecular flexibility index (Phi) is 7.49. The molecule has 120 valence electrons. The van der Waals surface area contributed by atoms with E-state index < -0.39 is 0 Å². The summed E-state index contributed by atoms with van der Waals surface area (Å²) in [5.74, 6) is 0.724. The Balaban J connectivity index is 2.55. The molecule has 1 rings (SSSR count). The van der Waals surface area contributed by atoms with Crippen molar-refractivity contribution in [2.45, 2.75) is 66.0 Å². The van der Waals surface area contributed by atoms with Crippen LogP contribution in [0.4, 0.5) is 0 Å². The Bertz CT molecular complexity index is 264. The lowest BCUT2D eigenvalue weighted by atomic mass is 9.81. The van der Waals surface area contributed by atoms with Crippen molar-refractivity contribution in [2.75, 3.05) is 33.3 Å². The van der Waals surface area contributed by atoms with E-state index in [1.54, 1.807) is 0 Å². The highest BCUT2D eigenvalue weighted by Crippen LogP contribution is 2.29. The second-order valence-corrected chi connectivity index (χ2v) is 7.08. The van der Waals surface area contributed by atoms with Crippen LogP contribution in [0.3, 0.4) is 0 Å².